The predicted molar refractivity (Wildman–Crippen MR) is 60.1 cm³/mol. The average molecular weight is 244 g/mol. The fourth-order valence-corrected chi connectivity index (χ4v) is 1.82. The fraction of sp³-hybridized carbons (Fsp3) is 0.462. The van der Waals surface area contributed by atoms with Gasteiger partial charge >= 0.3 is 6.18 Å². The van der Waals surface area contributed by atoms with Gasteiger partial charge in [0, 0.05) is 12.0 Å². The van der Waals surface area contributed by atoms with Crippen molar-refractivity contribution in [2.75, 3.05) is 0 Å². The van der Waals surface area contributed by atoms with E-state index in [1.54, 1.807) is 13.0 Å². The van der Waals surface area contributed by atoms with E-state index in [4.69, 9.17) is 0 Å². The normalized spacial score (nSPS) is 11.6. The second kappa shape index (κ2) is 5.34. The van der Waals surface area contributed by atoms with Gasteiger partial charge in [-0.1, -0.05) is 32.4 Å². The van der Waals surface area contributed by atoms with Crippen LogP contribution in [0.5, 0.6) is 0 Å². The summed E-state index contributed by atoms with van der Waals surface area (Å²) in [5.74, 6) is -0.443. The second-order valence-electron chi connectivity index (χ2n) is 3.86. The molecule has 0 saturated heterocycles. The lowest BCUT2D eigenvalue weighted by molar-refractivity contribution is -0.138. The number of carbonyl (C=O) groups is 1. The third-order valence-corrected chi connectivity index (χ3v) is 2.58. The molecule has 17 heavy (non-hydrogen) atoms. The number of hydrogen-bond acceptors (Lipinski definition) is 1. The van der Waals surface area contributed by atoms with Crippen molar-refractivity contribution in [2.45, 2.75) is 39.3 Å². The molecule has 0 aliphatic carbocycles. The van der Waals surface area contributed by atoms with Gasteiger partial charge in [-0.15, -0.1) is 0 Å². The van der Waals surface area contributed by atoms with Gasteiger partial charge in [-0.25, -0.2) is 0 Å². The first-order chi connectivity index (χ1) is 7.91. The molecule has 1 nitrogen and oxygen atoms in total. The van der Waals surface area contributed by atoms with Crippen molar-refractivity contribution in [1.29, 1.82) is 0 Å². The molecule has 0 N–H and O–H groups in total. The maximum Gasteiger partial charge on any atom is 0.417 e. The van der Waals surface area contributed by atoms with Crippen molar-refractivity contribution in [1.82, 2.24) is 0 Å². The molecule has 0 saturated carbocycles. The van der Waals surface area contributed by atoms with Crippen LogP contribution in [0.2, 0.25) is 0 Å². The lowest BCUT2D eigenvalue weighted by atomic mass is 9.93. The van der Waals surface area contributed by atoms with Gasteiger partial charge in [0.05, 0.1) is 5.56 Å². The standard InChI is InChI=1S/C13H15F3O/c1-3-6-9-7-5-8-10(13(14,15)16)12(9)11(17)4-2/h5,7-8H,3-4,6H2,1-2H3. The van der Waals surface area contributed by atoms with Gasteiger partial charge < -0.3 is 0 Å². The number of benzene rings is 1. The monoisotopic (exact) mass is 244 g/mol. The number of hydrogen-bond donors (Lipinski definition) is 0. The number of Topliss-reactive ketones (excluding diaryl/α,β-unsaturated/α-hetero) is 1. The maximum atomic E-state index is 12.8. The third kappa shape index (κ3) is 3.08. The molecule has 0 radical (unpaired) electrons. The average Bonchev–Trinajstić information content (AvgIpc) is 2.27. The summed E-state index contributed by atoms with van der Waals surface area (Å²) < 4.78 is 38.4. The summed E-state index contributed by atoms with van der Waals surface area (Å²) in [5.41, 5.74) is -0.464. The molecule has 0 amide bonds. The van der Waals surface area contributed by atoms with Crippen molar-refractivity contribution in [3.05, 3.63) is 34.9 Å². The summed E-state index contributed by atoms with van der Waals surface area (Å²) in [6.07, 6.45) is -3.18. The SMILES string of the molecule is CCCc1cccc(C(F)(F)F)c1C(=O)CC. The van der Waals surface area contributed by atoms with E-state index in [2.05, 4.69) is 0 Å². The summed E-state index contributed by atoms with van der Waals surface area (Å²) in [7, 11) is 0. The van der Waals surface area contributed by atoms with Gasteiger partial charge in [0.15, 0.2) is 5.78 Å². The zero-order chi connectivity index (χ0) is 13.1. The molecule has 0 atom stereocenters. The highest BCUT2D eigenvalue weighted by atomic mass is 19.4. The molecule has 0 aliphatic heterocycles. The number of aryl methyl sites for hydroxylation is 1. The first-order valence-electron chi connectivity index (χ1n) is 5.64. The van der Waals surface area contributed by atoms with Crippen LogP contribution in [0.25, 0.3) is 0 Å². The topological polar surface area (TPSA) is 17.1 Å². The molecule has 0 spiro atoms. The van der Waals surface area contributed by atoms with E-state index in [9.17, 15) is 18.0 Å². The van der Waals surface area contributed by atoms with Gasteiger partial charge in [0.25, 0.3) is 0 Å². The molecule has 0 fully saturated rings. The van der Waals surface area contributed by atoms with Crippen LogP contribution in [0.3, 0.4) is 0 Å². The van der Waals surface area contributed by atoms with E-state index >= 15 is 0 Å². The Bertz CT molecular complexity index is 408. The van der Waals surface area contributed by atoms with Crippen LogP contribution < -0.4 is 0 Å². The molecule has 0 unspecified atom stereocenters. The Morgan fingerprint density at radius 3 is 2.35 bits per heavy atom. The van der Waals surface area contributed by atoms with Gasteiger partial charge in [0.2, 0.25) is 0 Å². The van der Waals surface area contributed by atoms with Crippen LogP contribution in [0, 0.1) is 0 Å². The quantitative estimate of drug-likeness (QED) is 0.723. The molecule has 1 aromatic rings. The van der Waals surface area contributed by atoms with Gasteiger partial charge in [-0.05, 0) is 18.1 Å². The lowest BCUT2D eigenvalue weighted by Gasteiger charge is -2.15. The highest BCUT2D eigenvalue weighted by molar-refractivity contribution is 5.98. The number of alkyl halides is 3. The van der Waals surface area contributed by atoms with E-state index < -0.39 is 17.5 Å². The highest BCUT2D eigenvalue weighted by Crippen LogP contribution is 2.34. The van der Waals surface area contributed by atoms with Crippen LogP contribution in [0.1, 0.15) is 48.2 Å². The van der Waals surface area contributed by atoms with Crippen molar-refractivity contribution >= 4 is 5.78 Å². The van der Waals surface area contributed by atoms with E-state index in [-0.39, 0.29) is 12.0 Å². The summed E-state index contributed by atoms with van der Waals surface area (Å²) in [4.78, 5) is 11.7. The Kier molecular flexibility index (Phi) is 4.32. The van der Waals surface area contributed by atoms with Gasteiger partial charge in [-0.2, -0.15) is 13.2 Å². The Labute approximate surface area is 98.6 Å². The van der Waals surface area contributed by atoms with Crippen LogP contribution >= 0.6 is 0 Å². The zero-order valence-corrected chi connectivity index (χ0v) is 9.90. The molecule has 0 aromatic heterocycles. The first kappa shape index (κ1) is 13.7. The molecule has 94 valence electrons. The number of rotatable bonds is 4. The summed E-state index contributed by atoms with van der Waals surface area (Å²) in [6.45, 7) is 3.45. The molecular weight excluding hydrogens is 229 g/mol. The number of carbonyl (C=O) groups excluding carboxylic acids is 1. The predicted octanol–water partition coefficient (Wildman–Crippen LogP) is 4.25. The largest absolute Gasteiger partial charge is 0.417 e. The zero-order valence-electron chi connectivity index (χ0n) is 9.90. The van der Waals surface area contributed by atoms with Gasteiger partial charge in [0.1, 0.15) is 0 Å². The minimum Gasteiger partial charge on any atom is -0.294 e. The molecule has 1 rings (SSSR count). The van der Waals surface area contributed by atoms with Crippen molar-refractivity contribution in [3.63, 3.8) is 0 Å². The highest BCUT2D eigenvalue weighted by Gasteiger charge is 2.35. The summed E-state index contributed by atoms with van der Waals surface area (Å²) in [6, 6.07) is 3.93. The van der Waals surface area contributed by atoms with E-state index in [0.717, 1.165) is 6.07 Å². The van der Waals surface area contributed by atoms with Gasteiger partial charge in [-0.3, -0.25) is 4.79 Å². The van der Waals surface area contributed by atoms with Crippen molar-refractivity contribution < 1.29 is 18.0 Å². The Morgan fingerprint density at radius 2 is 1.88 bits per heavy atom. The first-order valence-corrected chi connectivity index (χ1v) is 5.64. The molecule has 0 aliphatic rings. The van der Waals surface area contributed by atoms with Crippen LogP contribution in [-0.4, -0.2) is 5.78 Å². The maximum absolute atomic E-state index is 12.8. The summed E-state index contributed by atoms with van der Waals surface area (Å²) in [5, 5.41) is 0. The minimum absolute atomic E-state index is 0.0871. The van der Waals surface area contributed by atoms with Crippen molar-refractivity contribution in [3.8, 4) is 0 Å². The van der Waals surface area contributed by atoms with E-state index in [1.165, 1.54) is 6.07 Å². The second-order valence-corrected chi connectivity index (χ2v) is 3.86. The molecule has 4 heteroatoms. The van der Waals surface area contributed by atoms with Crippen molar-refractivity contribution in [2.24, 2.45) is 0 Å². The summed E-state index contributed by atoms with van der Waals surface area (Å²) >= 11 is 0. The Hall–Kier alpha value is -1.32. The Morgan fingerprint density at radius 1 is 1.24 bits per heavy atom. The van der Waals surface area contributed by atoms with E-state index in [1.807, 2.05) is 6.92 Å². The molecular formula is C13H15F3O. The Balaban J connectivity index is 3.39. The fourth-order valence-electron chi connectivity index (χ4n) is 1.82. The van der Waals surface area contributed by atoms with E-state index in [0.29, 0.717) is 18.4 Å². The minimum atomic E-state index is -4.47. The number of ketones is 1. The molecule has 1 aromatic carbocycles. The van der Waals surface area contributed by atoms with Crippen LogP contribution in [0.15, 0.2) is 18.2 Å². The van der Waals surface area contributed by atoms with Crippen LogP contribution in [-0.2, 0) is 12.6 Å². The van der Waals surface area contributed by atoms with Crippen LogP contribution in [0.4, 0.5) is 13.2 Å². The smallest absolute Gasteiger partial charge is 0.294 e. The third-order valence-electron chi connectivity index (χ3n) is 2.58. The lowest BCUT2D eigenvalue weighted by Crippen LogP contribution is -2.15. The number of halogens is 3. The molecule has 0 heterocycles. The molecule has 0 bridgehead atoms.